The quantitative estimate of drug-likeness (QED) is 0.251. The Hall–Kier alpha value is -3.25. The van der Waals surface area contributed by atoms with Crippen LogP contribution in [0.15, 0.2) is 41.8 Å². The molecule has 1 amide bonds. The predicted molar refractivity (Wildman–Crippen MR) is 164 cm³/mol. The fourth-order valence-corrected chi connectivity index (χ4v) is 4.59. The first kappa shape index (κ1) is 31.3. The second-order valence-electron chi connectivity index (χ2n) is 10.4. The van der Waals surface area contributed by atoms with Crippen LogP contribution < -0.4 is 16.0 Å². The number of nitrogens with one attached hydrogen (secondary N) is 1. The molecule has 1 aliphatic heterocycles. The van der Waals surface area contributed by atoms with Gasteiger partial charge in [-0.15, -0.1) is 24.0 Å². The molecule has 0 bridgehead atoms. The van der Waals surface area contributed by atoms with Gasteiger partial charge in [-0.25, -0.2) is 24.3 Å². The molecule has 1 spiro atoms. The Morgan fingerprint density at radius 3 is 2.42 bits per heavy atom. The van der Waals surface area contributed by atoms with E-state index in [1.807, 2.05) is 40.4 Å². The van der Waals surface area contributed by atoms with Crippen LogP contribution in [0.5, 0.6) is 0 Å². The molecule has 3 N–H and O–H groups in total. The average molecular weight is 587 g/mol. The number of pyridine rings is 1. The molecule has 0 radical (unpaired) electrons. The number of amides is 1. The molecule has 3 aromatic heterocycles. The van der Waals surface area contributed by atoms with Crippen LogP contribution >= 0.6 is 24.0 Å². The van der Waals surface area contributed by atoms with Gasteiger partial charge in [-0.3, -0.25) is 4.79 Å². The molecule has 3 aromatic rings. The maximum atomic E-state index is 12.7. The smallest absolute Gasteiger partial charge is 0.225 e. The van der Waals surface area contributed by atoms with E-state index in [0.717, 1.165) is 53.9 Å². The number of nitrogens with zero attached hydrogens (tertiary/aromatic N) is 6. The number of carbonyl (C=O) groups excluding carboxylic acids is 1. The van der Waals surface area contributed by atoms with Crippen molar-refractivity contribution >= 4 is 52.2 Å². The normalized spacial score (nSPS) is 15.9. The van der Waals surface area contributed by atoms with Gasteiger partial charge in [-0.05, 0) is 44.2 Å². The van der Waals surface area contributed by atoms with E-state index in [-0.39, 0.29) is 5.54 Å². The lowest BCUT2D eigenvalue weighted by atomic mass is 10.1. The Bertz CT molecular complexity index is 1260. The van der Waals surface area contributed by atoms with E-state index >= 15 is 0 Å². The first-order valence-electron chi connectivity index (χ1n) is 13.3. The molecule has 12 heteroatoms. The number of nitrogens with two attached hydrogens (primary N) is 1. The van der Waals surface area contributed by atoms with Crippen LogP contribution in [0.3, 0.4) is 0 Å². The summed E-state index contributed by atoms with van der Waals surface area (Å²) in [6, 6.07) is 3.92. The van der Waals surface area contributed by atoms with Gasteiger partial charge in [0.15, 0.2) is 10.9 Å². The van der Waals surface area contributed by atoms with Crippen molar-refractivity contribution in [2.45, 2.75) is 59.4 Å². The number of rotatable bonds is 6. The summed E-state index contributed by atoms with van der Waals surface area (Å²) in [6.07, 6.45) is 8.45. The molecule has 2 fully saturated rings. The van der Waals surface area contributed by atoms with E-state index in [1.165, 1.54) is 30.2 Å². The van der Waals surface area contributed by atoms with Crippen molar-refractivity contribution in [3.63, 3.8) is 0 Å². The van der Waals surface area contributed by atoms with Crippen molar-refractivity contribution in [3.05, 3.63) is 58.9 Å². The standard InChI is InChI=1S/C12H14N4S2.C11H13FN4O.C5H12/c1-7-3-4-10(14-5-7)16-12-15-9(6-18-12)11(17)8(2)13;12-9-5-13-10(14-6-9)15-3-4-16(8-17)11(7-15)1-2-11;1-4-5(2)3/h3-6,17H,13H2,1-2H3,(H,14,15,16);5-6,8H,1-4,7H2;5H,4H2,1-3H3/b11-8-;;. The summed E-state index contributed by atoms with van der Waals surface area (Å²) in [5.74, 6) is 1.77. The fraction of sp³-hybridized carbons (Fsp3) is 0.464. The van der Waals surface area contributed by atoms with Crippen LogP contribution in [0.4, 0.5) is 21.3 Å². The van der Waals surface area contributed by atoms with E-state index in [2.05, 4.69) is 58.7 Å². The fourth-order valence-electron chi connectivity index (χ4n) is 3.68. The Labute approximate surface area is 245 Å². The molecule has 216 valence electrons. The van der Waals surface area contributed by atoms with Crippen LogP contribution in [0.1, 0.15) is 58.2 Å². The number of hydrogen-bond acceptors (Lipinski definition) is 10. The molecule has 1 aliphatic carbocycles. The topological polar surface area (TPSA) is 113 Å². The Balaban J connectivity index is 0.000000189. The number of thiazole rings is 1. The first-order chi connectivity index (χ1) is 19.1. The van der Waals surface area contributed by atoms with Crippen LogP contribution in [0.25, 0.3) is 4.91 Å². The second kappa shape index (κ2) is 14.4. The number of carbonyl (C=O) groups is 1. The minimum Gasteiger partial charge on any atom is -0.401 e. The summed E-state index contributed by atoms with van der Waals surface area (Å²) >= 11 is 5.82. The second-order valence-corrected chi connectivity index (χ2v) is 11.7. The van der Waals surface area contributed by atoms with Crippen molar-refractivity contribution < 1.29 is 9.18 Å². The van der Waals surface area contributed by atoms with Crippen LogP contribution in [-0.4, -0.2) is 56.4 Å². The highest BCUT2D eigenvalue weighted by molar-refractivity contribution is 7.90. The van der Waals surface area contributed by atoms with Gasteiger partial charge in [-0.1, -0.05) is 33.3 Å². The van der Waals surface area contributed by atoms with Gasteiger partial charge in [0.25, 0.3) is 0 Å². The summed E-state index contributed by atoms with van der Waals surface area (Å²) in [6.45, 7) is 12.6. The minimum atomic E-state index is -0.429. The minimum absolute atomic E-state index is 0.0161. The summed E-state index contributed by atoms with van der Waals surface area (Å²) < 4.78 is 12.7. The van der Waals surface area contributed by atoms with Crippen molar-refractivity contribution in [3.8, 4) is 0 Å². The molecule has 9 nitrogen and oxygen atoms in total. The summed E-state index contributed by atoms with van der Waals surface area (Å²) in [5, 5.41) is 5.83. The van der Waals surface area contributed by atoms with Gasteiger partial charge in [0.05, 0.1) is 23.6 Å². The van der Waals surface area contributed by atoms with Gasteiger partial charge < -0.3 is 20.9 Å². The summed E-state index contributed by atoms with van der Waals surface area (Å²) in [5.41, 5.74) is 8.22. The van der Waals surface area contributed by atoms with Crippen molar-refractivity contribution in [2.24, 2.45) is 11.7 Å². The zero-order valence-corrected chi connectivity index (χ0v) is 25.5. The Morgan fingerprint density at radius 2 is 1.90 bits per heavy atom. The number of allylic oxidation sites excluding steroid dienone is 1. The number of anilines is 3. The van der Waals surface area contributed by atoms with Gasteiger partial charge in [-0.2, -0.15) is 0 Å². The van der Waals surface area contributed by atoms with E-state index in [0.29, 0.717) is 29.6 Å². The largest absolute Gasteiger partial charge is 0.401 e. The average Bonchev–Trinajstić information content (AvgIpc) is 3.55. The highest BCUT2D eigenvalue weighted by Crippen LogP contribution is 2.43. The van der Waals surface area contributed by atoms with E-state index < -0.39 is 5.82 Å². The molecule has 4 heterocycles. The van der Waals surface area contributed by atoms with Crippen molar-refractivity contribution in [1.29, 1.82) is 0 Å². The molecular weight excluding hydrogens is 547 g/mol. The maximum absolute atomic E-state index is 12.7. The SMILES string of the molecule is C/C(N)=C(/S)c1csc(Nc2ccc(C)cn2)n1.CCC(C)C.O=CN1CCN(c2ncc(F)cn2)CC12CC2. The number of aromatic nitrogens is 4. The molecular formula is C28H39FN8OS2. The lowest BCUT2D eigenvalue weighted by Crippen LogP contribution is -2.54. The summed E-state index contributed by atoms with van der Waals surface area (Å²) in [4.78, 5) is 32.1. The Kier molecular flexibility index (Phi) is 11.3. The molecule has 40 heavy (non-hydrogen) atoms. The van der Waals surface area contributed by atoms with Crippen LogP contribution in [0.2, 0.25) is 0 Å². The molecule has 5 rings (SSSR count). The zero-order chi connectivity index (χ0) is 29.3. The van der Waals surface area contributed by atoms with E-state index in [4.69, 9.17) is 5.73 Å². The summed E-state index contributed by atoms with van der Waals surface area (Å²) in [7, 11) is 0. The highest BCUT2D eigenvalue weighted by atomic mass is 32.1. The van der Waals surface area contributed by atoms with Gasteiger partial charge >= 0.3 is 0 Å². The number of piperazine rings is 1. The molecule has 0 atom stereocenters. The molecule has 2 aliphatic rings. The Morgan fingerprint density at radius 1 is 1.23 bits per heavy atom. The zero-order valence-electron chi connectivity index (χ0n) is 23.8. The highest BCUT2D eigenvalue weighted by Gasteiger charge is 2.51. The lowest BCUT2D eigenvalue weighted by Gasteiger charge is -2.40. The maximum Gasteiger partial charge on any atom is 0.225 e. The van der Waals surface area contributed by atoms with Crippen LogP contribution in [-0.2, 0) is 4.79 Å². The molecule has 0 aromatic carbocycles. The van der Waals surface area contributed by atoms with E-state index in [9.17, 15) is 9.18 Å². The third-order valence-corrected chi connectivity index (χ3v) is 7.97. The van der Waals surface area contributed by atoms with Crippen molar-refractivity contribution in [2.75, 3.05) is 29.9 Å². The van der Waals surface area contributed by atoms with Gasteiger partial charge in [0.2, 0.25) is 12.4 Å². The first-order valence-corrected chi connectivity index (χ1v) is 14.6. The molecule has 1 saturated carbocycles. The third-order valence-electron chi connectivity index (χ3n) is 6.63. The molecule has 0 unspecified atom stereocenters. The monoisotopic (exact) mass is 586 g/mol. The van der Waals surface area contributed by atoms with Crippen LogP contribution in [0, 0.1) is 18.7 Å². The molecule has 1 saturated heterocycles. The number of hydrogen-bond donors (Lipinski definition) is 3. The van der Waals surface area contributed by atoms with Gasteiger partial charge in [0, 0.05) is 41.8 Å². The van der Waals surface area contributed by atoms with Crippen molar-refractivity contribution in [1.82, 2.24) is 24.8 Å². The number of aryl methyl sites for hydroxylation is 1. The predicted octanol–water partition coefficient (Wildman–Crippen LogP) is 5.65. The van der Waals surface area contributed by atoms with E-state index in [1.54, 1.807) is 6.92 Å². The number of thiol groups is 1. The lowest BCUT2D eigenvalue weighted by molar-refractivity contribution is -0.121. The number of halogens is 1. The third kappa shape index (κ3) is 8.88. The van der Waals surface area contributed by atoms with Gasteiger partial charge in [0.1, 0.15) is 5.82 Å².